The van der Waals surface area contributed by atoms with Crippen molar-refractivity contribution in [2.75, 3.05) is 37.7 Å². The number of hydrogen-bond acceptors (Lipinski definition) is 7. The maximum Gasteiger partial charge on any atom is 0.255 e. The molecule has 0 aliphatic carbocycles. The van der Waals surface area contributed by atoms with E-state index in [0.29, 0.717) is 50.0 Å². The molecule has 1 saturated heterocycles. The van der Waals surface area contributed by atoms with E-state index in [1.165, 1.54) is 0 Å². The highest BCUT2D eigenvalue weighted by molar-refractivity contribution is 5.94. The fourth-order valence-electron chi connectivity index (χ4n) is 3.52. The summed E-state index contributed by atoms with van der Waals surface area (Å²) in [5, 5.41) is 13.1. The third-order valence-electron chi connectivity index (χ3n) is 5.03. The number of pyridine rings is 1. The molecule has 0 saturated carbocycles. The fourth-order valence-corrected chi connectivity index (χ4v) is 3.52. The third-order valence-corrected chi connectivity index (χ3v) is 5.03. The first-order valence-electron chi connectivity index (χ1n) is 10.1. The summed E-state index contributed by atoms with van der Waals surface area (Å²) in [6, 6.07) is 9.37. The summed E-state index contributed by atoms with van der Waals surface area (Å²) in [5.74, 6) is 2.01. The summed E-state index contributed by atoms with van der Waals surface area (Å²) in [6.45, 7) is 9.03. The fraction of sp³-hybridized carbons (Fsp3) is 0.381. The van der Waals surface area contributed by atoms with Crippen molar-refractivity contribution < 1.29 is 9.53 Å². The van der Waals surface area contributed by atoms with Gasteiger partial charge in [0.25, 0.3) is 5.91 Å². The predicted molar refractivity (Wildman–Crippen MR) is 112 cm³/mol. The number of hydrogen-bond donors (Lipinski definition) is 0. The number of aromatic nitrogens is 5. The van der Waals surface area contributed by atoms with Gasteiger partial charge < -0.3 is 14.5 Å². The average molecular weight is 407 g/mol. The van der Waals surface area contributed by atoms with Crippen molar-refractivity contribution in [1.29, 1.82) is 0 Å². The number of aryl methyl sites for hydroxylation is 2. The van der Waals surface area contributed by atoms with Gasteiger partial charge in [-0.05, 0) is 45.0 Å². The zero-order valence-electron chi connectivity index (χ0n) is 17.4. The lowest BCUT2D eigenvalue weighted by Crippen LogP contribution is -2.49. The predicted octanol–water partition coefficient (Wildman–Crippen LogP) is 2.04. The van der Waals surface area contributed by atoms with Crippen LogP contribution in [0.25, 0.3) is 5.82 Å². The first-order chi connectivity index (χ1) is 14.5. The van der Waals surface area contributed by atoms with Gasteiger partial charge in [0.05, 0.1) is 17.9 Å². The molecule has 1 aliphatic rings. The quantitative estimate of drug-likeness (QED) is 0.639. The van der Waals surface area contributed by atoms with Gasteiger partial charge in [-0.3, -0.25) is 4.79 Å². The van der Waals surface area contributed by atoms with E-state index in [0.717, 1.165) is 17.2 Å². The number of carbonyl (C=O) groups excluding carboxylic acids is 1. The van der Waals surface area contributed by atoms with Crippen LogP contribution in [0.3, 0.4) is 0 Å². The minimum atomic E-state index is -0.0174. The van der Waals surface area contributed by atoms with Crippen LogP contribution in [0.15, 0.2) is 36.5 Å². The van der Waals surface area contributed by atoms with E-state index >= 15 is 0 Å². The van der Waals surface area contributed by atoms with E-state index in [-0.39, 0.29) is 5.91 Å². The molecule has 1 amide bonds. The van der Waals surface area contributed by atoms with E-state index < -0.39 is 0 Å². The van der Waals surface area contributed by atoms with Crippen LogP contribution in [0.5, 0.6) is 5.88 Å². The van der Waals surface area contributed by atoms with Gasteiger partial charge in [0.1, 0.15) is 0 Å². The van der Waals surface area contributed by atoms with Crippen molar-refractivity contribution in [2.24, 2.45) is 0 Å². The van der Waals surface area contributed by atoms with Gasteiger partial charge in [0.15, 0.2) is 11.6 Å². The van der Waals surface area contributed by atoms with Crippen LogP contribution in [0.2, 0.25) is 0 Å². The van der Waals surface area contributed by atoms with Crippen LogP contribution in [0.1, 0.15) is 28.7 Å². The van der Waals surface area contributed by atoms with Crippen LogP contribution in [0.4, 0.5) is 5.82 Å². The van der Waals surface area contributed by atoms with Gasteiger partial charge >= 0.3 is 0 Å². The molecular weight excluding hydrogens is 382 g/mol. The highest BCUT2D eigenvalue weighted by atomic mass is 16.5. The van der Waals surface area contributed by atoms with Gasteiger partial charge in [-0.1, -0.05) is 0 Å². The molecule has 3 aromatic heterocycles. The number of rotatable bonds is 5. The minimum absolute atomic E-state index is 0.0174. The molecule has 0 radical (unpaired) electrons. The van der Waals surface area contributed by atoms with Gasteiger partial charge in [0, 0.05) is 44.1 Å². The Morgan fingerprint density at radius 1 is 1.03 bits per heavy atom. The van der Waals surface area contributed by atoms with Crippen molar-refractivity contribution in [2.45, 2.75) is 20.8 Å². The topological polar surface area (TPSA) is 89.3 Å². The molecule has 0 unspecified atom stereocenters. The normalized spacial score (nSPS) is 14.1. The Labute approximate surface area is 175 Å². The zero-order chi connectivity index (χ0) is 21.1. The van der Waals surface area contributed by atoms with Gasteiger partial charge in [0.2, 0.25) is 5.88 Å². The van der Waals surface area contributed by atoms with Gasteiger partial charge in [-0.2, -0.15) is 5.10 Å². The first kappa shape index (κ1) is 19.8. The maximum atomic E-state index is 12.7. The monoisotopic (exact) mass is 407 g/mol. The molecule has 0 aromatic carbocycles. The summed E-state index contributed by atoms with van der Waals surface area (Å²) in [4.78, 5) is 20.9. The SMILES string of the molecule is CCOc1ccc(C(=O)N2CCN(c3ccc(-n4nc(C)cc4C)nn3)CC2)cn1. The van der Waals surface area contributed by atoms with Crippen molar-refractivity contribution in [3.63, 3.8) is 0 Å². The lowest BCUT2D eigenvalue weighted by Gasteiger charge is -2.35. The largest absolute Gasteiger partial charge is 0.478 e. The van der Waals surface area contributed by atoms with Crippen LogP contribution in [0, 0.1) is 13.8 Å². The lowest BCUT2D eigenvalue weighted by atomic mass is 10.2. The first-order valence-corrected chi connectivity index (χ1v) is 10.1. The molecule has 4 rings (SSSR count). The summed E-state index contributed by atoms with van der Waals surface area (Å²) in [5.41, 5.74) is 2.54. The maximum absolute atomic E-state index is 12.7. The van der Waals surface area contributed by atoms with Crippen molar-refractivity contribution in [3.05, 3.63) is 53.5 Å². The van der Waals surface area contributed by atoms with Crippen molar-refractivity contribution in [3.8, 4) is 11.7 Å². The smallest absolute Gasteiger partial charge is 0.255 e. The van der Waals surface area contributed by atoms with Crippen LogP contribution in [-0.4, -0.2) is 68.6 Å². The molecule has 3 aromatic rings. The van der Waals surface area contributed by atoms with E-state index in [1.54, 1.807) is 23.0 Å². The summed E-state index contributed by atoms with van der Waals surface area (Å²) in [6.07, 6.45) is 1.57. The number of nitrogens with zero attached hydrogens (tertiary/aromatic N) is 7. The summed E-state index contributed by atoms with van der Waals surface area (Å²) >= 11 is 0. The minimum Gasteiger partial charge on any atom is -0.478 e. The molecule has 30 heavy (non-hydrogen) atoms. The summed E-state index contributed by atoms with van der Waals surface area (Å²) in [7, 11) is 0. The van der Waals surface area contributed by atoms with Crippen LogP contribution < -0.4 is 9.64 Å². The number of anilines is 1. The Morgan fingerprint density at radius 2 is 1.77 bits per heavy atom. The van der Waals surface area contributed by atoms with Crippen molar-refractivity contribution in [1.82, 2.24) is 29.9 Å². The number of carbonyl (C=O) groups is 1. The molecule has 9 heteroatoms. The molecule has 0 spiro atoms. The number of piperazine rings is 1. The Kier molecular flexibility index (Phi) is 5.60. The molecular formula is C21H25N7O2. The van der Waals surface area contributed by atoms with Gasteiger partial charge in [-0.25, -0.2) is 9.67 Å². The zero-order valence-corrected chi connectivity index (χ0v) is 17.4. The lowest BCUT2D eigenvalue weighted by molar-refractivity contribution is 0.0746. The third kappa shape index (κ3) is 4.10. The highest BCUT2D eigenvalue weighted by Crippen LogP contribution is 2.17. The van der Waals surface area contributed by atoms with Crippen LogP contribution in [-0.2, 0) is 0 Å². The molecule has 0 N–H and O–H groups in total. The van der Waals surface area contributed by atoms with Gasteiger partial charge in [-0.15, -0.1) is 10.2 Å². The van der Waals surface area contributed by atoms with E-state index in [2.05, 4.69) is 25.2 Å². The average Bonchev–Trinajstić information content (AvgIpc) is 3.12. The molecule has 4 heterocycles. The number of ether oxygens (including phenoxy) is 1. The van der Waals surface area contributed by atoms with E-state index in [9.17, 15) is 4.79 Å². The molecule has 1 aliphatic heterocycles. The molecule has 156 valence electrons. The second kappa shape index (κ2) is 8.48. The Bertz CT molecular complexity index is 1010. The second-order valence-electron chi connectivity index (χ2n) is 7.19. The second-order valence-corrected chi connectivity index (χ2v) is 7.19. The standard InChI is InChI=1S/C21H25N7O2/c1-4-30-20-8-5-17(14-22-20)21(29)27-11-9-26(10-12-27)18-6-7-19(24-23-18)28-16(3)13-15(2)25-28/h5-8,13-14H,4,9-12H2,1-3H3. The Hall–Kier alpha value is -3.49. The molecule has 1 fully saturated rings. The summed E-state index contributed by atoms with van der Waals surface area (Å²) < 4.78 is 7.12. The van der Waals surface area contributed by atoms with Crippen LogP contribution >= 0.6 is 0 Å². The highest BCUT2D eigenvalue weighted by Gasteiger charge is 2.23. The molecule has 0 bridgehead atoms. The van der Waals surface area contributed by atoms with E-state index in [1.807, 2.05) is 43.9 Å². The van der Waals surface area contributed by atoms with E-state index in [4.69, 9.17) is 4.74 Å². The Balaban J connectivity index is 1.37. The van der Waals surface area contributed by atoms with Crippen molar-refractivity contribution >= 4 is 11.7 Å². The Morgan fingerprint density at radius 3 is 2.33 bits per heavy atom. The molecule has 0 atom stereocenters. The number of amides is 1. The molecule has 9 nitrogen and oxygen atoms in total.